The largest absolute Gasteiger partial charge is 0.272 e. The van der Waals surface area contributed by atoms with Gasteiger partial charge in [-0.1, -0.05) is 6.07 Å². The van der Waals surface area contributed by atoms with Crippen LogP contribution in [0.5, 0.6) is 0 Å². The van der Waals surface area contributed by atoms with Gasteiger partial charge in [-0.05, 0) is 62.4 Å². The standard InChI is InChI=1S/C19H19N5OS2/c1-11-7-8-15(26-11)14-10-25-24-18(21-14)17-12(2)13(3)22-23-19(17)27-16-6-4-5-9-20-16/h4-9,14H,10H2,1-3H3,(H,21,24)/t14-/m1/s1. The Kier molecular flexibility index (Phi) is 5.20. The molecule has 3 aromatic rings. The van der Waals surface area contributed by atoms with Crippen molar-refractivity contribution >= 4 is 28.9 Å². The second-order valence-corrected chi connectivity index (χ2v) is 8.54. The van der Waals surface area contributed by atoms with E-state index in [4.69, 9.17) is 9.83 Å². The maximum atomic E-state index is 5.67. The van der Waals surface area contributed by atoms with E-state index in [1.807, 2.05) is 32.0 Å². The minimum atomic E-state index is -0.0273. The molecule has 4 heterocycles. The first kappa shape index (κ1) is 18.1. The number of nitrogens with one attached hydrogen (secondary N) is 1. The van der Waals surface area contributed by atoms with Crippen molar-refractivity contribution in [1.29, 1.82) is 0 Å². The van der Waals surface area contributed by atoms with Gasteiger partial charge in [0, 0.05) is 16.0 Å². The van der Waals surface area contributed by atoms with Gasteiger partial charge in [0.25, 0.3) is 0 Å². The molecule has 1 aliphatic heterocycles. The summed E-state index contributed by atoms with van der Waals surface area (Å²) in [6.45, 7) is 6.58. The number of rotatable bonds is 4. The van der Waals surface area contributed by atoms with E-state index in [1.54, 1.807) is 17.5 Å². The fourth-order valence-corrected chi connectivity index (χ4v) is 4.54. The van der Waals surface area contributed by atoms with Gasteiger partial charge in [0.05, 0.1) is 11.3 Å². The van der Waals surface area contributed by atoms with Crippen molar-refractivity contribution in [3.8, 4) is 0 Å². The Morgan fingerprint density at radius 1 is 1.15 bits per heavy atom. The fourth-order valence-electron chi connectivity index (χ4n) is 2.75. The molecule has 3 aromatic heterocycles. The van der Waals surface area contributed by atoms with Gasteiger partial charge in [-0.3, -0.25) is 9.83 Å². The van der Waals surface area contributed by atoms with E-state index in [0.717, 1.165) is 26.9 Å². The number of hydrogen-bond donors (Lipinski definition) is 1. The second kappa shape index (κ2) is 7.75. The number of aryl methyl sites for hydroxylation is 2. The summed E-state index contributed by atoms with van der Waals surface area (Å²) in [5.41, 5.74) is 5.80. The maximum absolute atomic E-state index is 5.67. The quantitative estimate of drug-likeness (QED) is 0.717. The van der Waals surface area contributed by atoms with E-state index in [0.29, 0.717) is 12.4 Å². The Morgan fingerprint density at radius 3 is 2.78 bits per heavy atom. The van der Waals surface area contributed by atoms with Gasteiger partial charge in [0.15, 0.2) is 5.84 Å². The van der Waals surface area contributed by atoms with Gasteiger partial charge in [-0.15, -0.1) is 16.4 Å². The lowest BCUT2D eigenvalue weighted by atomic mass is 10.1. The van der Waals surface area contributed by atoms with Gasteiger partial charge >= 0.3 is 0 Å². The molecule has 8 heteroatoms. The summed E-state index contributed by atoms with van der Waals surface area (Å²) >= 11 is 3.22. The number of aromatic nitrogens is 3. The summed E-state index contributed by atoms with van der Waals surface area (Å²) in [6.07, 6.45) is 1.77. The normalized spacial score (nSPS) is 16.7. The average Bonchev–Trinajstić information content (AvgIpc) is 3.12. The summed E-state index contributed by atoms with van der Waals surface area (Å²) in [4.78, 5) is 17.4. The molecule has 0 aliphatic carbocycles. The fraction of sp³-hybridized carbons (Fsp3) is 0.263. The van der Waals surface area contributed by atoms with E-state index in [-0.39, 0.29) is 6.04 Å². The molecule has 0 unspecified atom stereocenters. The molecule has 0 amide bonds. The molecule has 1 aliphatic rings. The van der Waals surface area contributed by atoms with Crippen molar-refractivity contribution in [1.82, 2.24) is 20.7 Å². The van der Waals surface area contributed by atoms with Crippen LogP contribution in [0.15, 0.2) is 51.6 Å². The lowest BCUT2D eigenvalue weighted by Crippen LogP contribution is -2.33. The molecule has 1 atom stereocenters. The van der Waals surface area contributed by atoms with Crippen LogP contribution in [-0.2, 0) is 4.84 Å². The highest BCUT2D eigenvalue weighted by Gasteiger charge is 2.24. The molecule has 4 rings (SSSR count). The van der Waals surface area contributed by atoms with Gasteiger partial charge in [-0.2, -0.15) is 5.10 Å². The van der Waals surface area contributed by atoms with Crippen LogP contribution in [0.1, 0.15) is 32.6 Å². The maximum Gasteiger partial charge on any atom is 0.156 e. The Hall–Kier alpha value is -2.29. The lowest BCUT2D eigenvalue weighted by molar-refractivity contribution is 0.0627. The molecular formula is C19H19N5OS2. The molecule has 0 radical (unpaired) electrons. The van der Waals surface area contributed by atoms with Gasteiger partial charge in [0.2, 0.25) is 0 Å². The van der Waals surface area contributed by atoms with E-state index >= 15 is 0 Å². The zero-order valence-corrected chi connectivity index (χ0v) is 16.9. The Bertz CT molecular complexity index is 987. The van der Waals surface area contributed by atoms with Crippen LogP contribution in [0, 0.1) is 20.8 Å². The zero-order chi connectivity index (χ0) is 18.8. The zero-order valence-electron chi connectivity index (χ0n) is 15.3. The number of pyridine rings is 1. The number of nitrogens with zero attached hydrogens (tertiary/aromatic N) is 4. The van der Waals surface area contributed by atoms with Gasteiger partial charge < -0.3 is 0 Å². The van der Waals surface area contributed by atoms with Crippen LogP contribution in [0.25, 0.3) is 0 Å². The van der Waals surface area contributed by atoms with Crippen LogP contribution in [0.3, 0.4) is 0 Å². The highest BCUT2D eigenvalue weighted by molar-refractivity contribution is 7.99. The van der Waals surface area contributed by atoms with E-state index in [1.165, 1.54) is 21.5 Å². The summed E-state index contributed by atoms with van der Waals surface area (Å²) in [7, 11) is 0. The predicted molar refractivity (Wildman–Crippen MR) is 107 cm³/mol. The first-order chi connectivity index (χ1) is 13.1. The molecule has 1 N–H and O–H groups in total. The van der Waals surface area contributed by atoms with Crippen molar-refractivity contribution in [3.05, 3.63) is 63.1 Å². The van der Waals surface area contributed by atoms with Crippen LogP contribution >= 0.6 is 23.1 Å². The predicted octanol–water partition coefficient (Wildman–Crippen LogP) is 4.03. The molecular weight excluding hydrogens is 378 g/mol. The molecule has 0 spiro atoms. The Labute approximate surface area is 166 Å². The summed E-state index contributed by atoms with van der Waals surface area (Å²) in [5, 5.41) is 10.3. The molecule has 27 heavy (non-hydrogen) atoms. The third kappa shape index (κ3) is 3.87. The molecule has 0 bridgehead atoms. The molecule has 6 nitrogen and oxygen atoms in total. The van der Waals surface area contributed by atoms with Crippen molar-refractivity contribution in [2.75, 3.05) is 6.61 Å². The smallest absolute Gasteiger partial charge is 0.156 e. The lowest BCUT2D eigenvalue weighted by Gasteiger charge is -2.23. The second-order valence-electron chi connectivity index (χ2n) is 6.22. The highest BCUT2D eigenvalue weighted by atomic mass is 32.2. The minimum absolute atomic E-state index is 0.0273. The number of hydroxylamine groups is 1. The average molecular weight is 398 g/mol. The SMILES string of the molecule is Cc1ccc([C@H]2CONC(c3c(Sc4ccccn4)nnc(C)c3C)=N2)s1. The molecule has 0 saturated heterocycles. The van der Waals surface area contributed by atoms with Crippen molar-refractivity contribution < 1.29 is 4.84 Å². The van der Waals surface area contributed by atoms with Crippen molar-refractivity contribution in [2.45, 2.75) is 36.9 Å². The van der Waals surface area contributed by atoms with Crippen molar-refractivity contribution in [2.24, 2.45) is 4.99 Å². The first-order valence-electron chi connectivity index (χ1n) is 8.57. The van der Waals surface area contributed by atoms with Crippen LogP contribution < -0.4 is 5.48 Å². The number of hydrogen-bond acceptors (Lipinski definition) is 8. The first-order valence-corrected chi connectivity index (χ1v) is 10.2. The third-order valence-corrected chi connectivity index (χ3v) is 6.31. The molecule has 138 valence electrons. The number of aliphatic imine (C=N–C) groups is 1. The van der Waals surface area contributed by atoms with Crippen LogP contribution in [-0.4, -0.2) is 27.6 Å². The topological polar surface area (TPSA) is 72.3 Å². The Morgan fingerprint density at radius 2 is 2.04 bits per heavy atom. The van der Waals surface area contributed by atoms with Gasteiger partial charge in [-0.25, -0.2) is 10.5 Å². The van der Waals surface area contributed by atoms with E-state index < -0.39 is 0 Å². The number of amidine groups is 1. The van der Waals surface area contributed by atoms with E-state index in [2.05, 4.69) is 39.7 Å². The van der Waals surface area contributed by atoms with Crippen LogP contribution in [0.4, 0.5) is 0 Å². The third-order valence-electron chi connectivity index (χ3n) is 4.28. The Balaban J connectivity index is 1.75. The summed E-state index contributed by atoms with van der Waals surface area (Å²) < 4.78 is 0. The number of thiophene rings is 1. The van der Waals surface area contributed by atoms with Crippen molar-refractivity contribution in [3.63, 3.8) is 0 Å². The van der Waals surface area contributed by atoms with E-state index in [9.17, 15) is 0 Å². The van der Waals surface area contributed by atoms with Gasteiger partial charge in [0.1, 0.15) is 22.7 Å². The minimum Gasteiger partial charge on any atom is -0.272 e. The highest BCUT2D eigenvalue weighted by Crippen LogP contribution is 2.32. The van der Waals surface area contributed by atoms with Crippen LogP contribution in [0.2, 0.25) is 0 Å². The summed E-state index contributed by atoms with van der Waals surface area (Å²) in [5.74, 6) is 0.686. The monoisotopic (exact) mass is 397 g/mol. The molecule has 0 aromatic carbocycles. The molecule has 0 saturated carbocycles. The molecule has 0 fully saturated rings. The summed E-state index contributed by atoms with van der Waals surface area (Å²) in [6, 6.07) is 10.0.